The van der Waals surface area contributed by atoms with Crippen LogP contribution in [0.3, 0.4) is 0 Å². The number of methoxy groups -OCH3 is 1. The van der Waals surface area contributed by atoms with Crippen LogP contribution in [0.4, 0.5) is 11.4 Å². The standard InChI is InChI=1S/C20H23N3O4/c1-14-4-5-16(12-15(14)2)20(24)22-10-8-21(9-11-22)18-7-6-17(27-3)13-19(18)23(25)26/h4-7,12-13H,8-11H2,1-3H3. The van der Waals surface area contributed by atoms with E-state index in [0.29, 0.717) is 43.2 Å². The minimum absolute atomic E-state index is 0.00183. The van der Waals surface area contributed by atoms with Crippen molar-refractivity contribution in [2.45, 2.75) is 13.8 Å². The second-order valence-corrected chi connectivity index (χ2v) is 6.69. The fraction of sp³-hybridized carbons (Fsp3) is 0.350. The SMILES string of the molecule is COc1ccc(N2CCN(C(=O)c3ccc(C)c(C)c3)CC2)c([N+](=O)[O-])c1. The van der Waals surface area contributed by atoms with Gasteiger partial charge in [-0.15, -0.1) is 0 Å². The van der Waals surface area contributed by atoms with Crippen molar-refractivity contribution in [1.82, 2.24) is 4.90 Å². The van der Waals surface area contributed by atoms with Crippen LogP contribution in [0.1, 0.15) is 21.5 Å². The monoisotopic (exact) mass is 369 g/mol. The molecule has 1 aliphatic rings. The zero-order valence-corrected chi connectivity index (χ0v) is 15.8. The Balaban J connectivity index is 1.73. The molecular formula is C20H23N3O4. The predicted molar refractivity (Wildman–Crippen MR) is 104 cm³/mol. The maximum Gasteiger partial charge on any atom is 0.296 e. The van der Waals surface area contributed by atoms with E-state index in [2.05, 4.69) is 0 Å². The number of hydrogen-bond donors (Lipinski definition) is 0. The molecule has 0 spiro atoms. The van der Waals surface area contributed by atoms with Gasteiger partial charge < -0.3 is 14.5 Å². The number of nitro benzene ring substituents is 1. The summed E-state index contributed by atoms with van der Waals surface area (Å²) < 4.78 is 5.09. The molecule has 1 fully saturated rings. The van der Waals surface area contributed by atoms with Gasteiger partial charge in [0.05, 0.1) is 18.1 Å². The van der Waals surface area contributed by atoms with Crippen LogP contribution in [0.15, 0.2) is 36.4 Å². The molecule has 142 valence electrons. The Labute approximate surface area is 158 Å². The summed E-state index contributed by atoms with van der Waals surface area (Å²) in [5, 5.41) is 11.4. The molecule has 7 nitrogen and oxygen atoms in total. The molecule has 0 aliphatic carbocycles. The van der Waals surface area contributed by atoms with Gasteiger partial charge in [0.2, 0.25) is 0 Å². The highest BCUT2D eigenvalue weighted by atomic mass is 16.6. The maximum atomic E-state index is 12.7. The Morgan fingerprint density at radius 1 is 1.04 bits per heavy atom. The summed E-state index contributed by atoms with van der Waals surface area (Å²) in [7, 11) is 1.48. The lowest BCUT2D eigenvalue weighted by atomic mass is 10.1. The van der Waals surface area contributed by atoms with Crippen molar-refractivity contribution < 1.29 is 14.5 Å². The van der Waals surface area contributed by atoms with Crippen LogP contribution in [0.5, 0.6) is 5.75 Å². The Kier molecular flexibility index (Phi) is 5.30. The first-order valence-corrected chi connectivity index (χ1v) is 8.84. The fourth-order valence-corrected chi connectivity index (χ4v) is 3.25. The lowest BCUT2D eigenvalue weighted by molar-refractivity contribution is -0.384. The number of nitro groups is 1. The van der Waals surface area contributed by atoms with E-state index < -0.39 is 4.92 Å². The number of nitrogens with zero attached hydrogens (tertiary/aromatic N) is 3. The van der Waals surface area contributed by atoms with Gasteiger partial charge in [-0.05, 0) is 49.2 Å². The summed E-state index contributed by atoms with van der Waals surface area (Å²) in [6, 6.07) is 10.6. The smallest absolute Gasteiger partial charge is 0.296 e. The average molecular weight is 369 g/mol. The van der Waals surface area contributed by atoms with Gasteiger partial charge in [-0.25, -0.2) is 0 Å². The molecule has 2 aromatic rings. The number of rotatable bonds is 4. The number of amides is 1. The van der Waals surface area contributed by atoms with E-state index in [1.165, 1.54) is 13.2 Å². The Morgan fingerprint density at radius 2 is 1.74 bits per heavy atom. The van der Waals surface area contributed by atoms with E-state index in [0.717, 1.165) is 11.1 Å². The molecule has 7 heteroatoms. The molecule has 3 rings (SSSR count). The maximum absolute atomic E-state index is 12.7. The van der Waals surface area contributed by atoms with Gasteiger partial charge in [-0.3, -0.25) is 14.9 Å². The molecule has 0 unspecified atom stereocenters. The van der Waals surface area contributed by atoms with Crippen molar-refractivity contribution in [3.8, 4) is 5.75 Å². The molecule has 1 heterocycles. The largest absolute Gasteiger partial charge is 0.496 e. The molecule has 1 amide bonds. The van der Waals surface area contributed by atoms with Crippen LogP contribution < -0.4 is 9.64 Å². The average Bonchev–Trinajstić information content (AvgIpc) is 2.69. The number of benzene rings is 2. The third kappa shape index (κ3) is 3.86. The van der Waals surface area contributed by atoms with E-state index in [4.69, 9.17) is 4.74 Å². The zero-order valence-electron chi connectivity index (χ0n) is 15.8. The first-order chi connectivity index (χ1) is 12.9. The van der Waals surface area contributed by atoms with Crippen LogP contribution in [0.25, 0.3) is 0 Å². The van der Waals surface area contributed by atoms with Crippen LogP contribution in [-0.2, 0) is 0 Å². The molecular weight excluding hydrogens is 346 g/mol. The van der Waals surface area contributed by atoms with Gasteiger partial charge in [-0.1, -0.05) is 6.07 Å². The Bertz CT molecular complexity index is 874. The second-order valence-electron chi connectivity index (χ2n) is 6.69. The quantitative estimate of drug-likeness (QED) is 0.611. The van der Waals surface area contributed by atoms with Gasteiger partial charge in [0.1, 0.15) is 11.4 Å². The summed E-state index contributed by atoms with van der Waals surface area (Å²) >= 11 is 0. The minimum Gasteiger partial charge on any atom is -0.496 e. The summed E-state index contributed by atoms with van der Waals surface area (Å²) in [5.74, 6) is 0.455. The van der Waals surface area contributed by atoms with Crippen molar-refractivity contribution in [3.63, 3.8) is 0 Å². The van der Waals surface area contributed by atoms with Crippen molar-refractivity contribution in [1.29, 1.82) is 0 Å². The summed E-state index contributed by atoms with van der Waals surface area (Å²) in [4.78, 5) is 27.5. The van der Waals surface area contributed by atoms with Gasteiger partial charge >= 0.3 is 0 Å². The number of carbonyl (C=O) groups is 1. The number of ether oxygens (including phenoxy) is 1. The van der Waals surface area contributed by atoms with Crippen LogP contribution in [0, 0.1) is 24.0 Å². The lowest BCUT2D eigenvalue weighted by Gasteiger charge is -2.36. The molecule has 0 saturated carbocycles. The van der Waals surface area contributed by atoms with Crippen molar-refractivity contribution >= 4 is 17.3 Å². The van der Waals surface area contributed by atoms with Crippen LogP contribution >= 0.6 is 0 Å². The van der Waals surface area contributed by atoms with E-state index in [1.807, 2.05) is 36.9 Å². The number of anilines is 1. The normalized spacial score (nSPS) is 14.2. The fourth-order valence-electron chi connectivity index (χ4n) is 3.25. The van der Waals surface area contributed by atoms with Gasteiger partial charge in [-0.2, -0.15) is 0 Å². The highest BCUT2D eigenvalue weighted by Crippen LogP contribution is 2.32. The first kappa shape index (κ1) is 18.7. The van der Waals surface area contributed by atoms with Gasteiger partial charge in [0.15, 0.2) is 0 Å². The summed E-state index contributed by atoms with van der Waals surface area (Å²) in [5.41, 5.74) is 3.50. The molecule has 0 aromatic heterocycles. The third-order valence-electron chi connectivity index (χ3n) is 5.04. The van der Waals surface area contributed by atoms with E-state index >= 15 is 0 Å². The summed E-state index contributed by atoms with van der Waals surface area (Å²) in [6.07, 6.45) is 0. The molecule has 1 aliphatic heterocycles. The van der Waals surface area contributed by atoms with Gasteiger partial charge in [0, 0.05) is 31.7 Å². The lowest BCUT2D eigenvalue weighted by Crippen LogP contribution is -2.49. The van der Waals surface area contributed by atoms with E-state index in [1.54, 1.807) is 17.0 Å². The molecule has 0 radical (unpaired) electrons. The highest BCUT2D eigenvalue weighted by molar-refractivity contribution is 5.94. The van der Waals surface area contributed by atoms with Crippen molar-refractivity contribution in [3.05, 3.63) is 63.2 Å². The predicted octanol–water partition coefficient (Wildman–Crippen LogP) is 3.18. The second kappa shape index (κ2) is 7.65. The molecule has 0 bridgehead atoms. The molecule has 0 atom stereocenters. The minimum atomic E-state index is -0.398. The van der Waals surface area contributed by atoms with Crippen LogP contribution in [0.2, 0.25) is 0 Å². The number of piperazine rings is 1. The third-order valence-corrected chi connectivity index (χ3v) is 5.04. The van der Waals surface area contributed by atoms with Crippen molar-refractivity contribution in [2.24, 2.45) is 0 Å². The Hall–Kier alpha value is -3.09. The highest BCUT2D eigenvalue weighted by Gasteiger charge is 2.26. The zero-order chi connectivity index (χ0) is 19.6. The van der Waals surface area contributed by atoms with Crippen LogP contribution in [-0.4, -0.2) is 49.0 Å². The molecule has 0 N–H and O–H groups in total. The molecule has 27 heavy (non-hydrogen) atoms. The van der Waals surface area contributed by atoms with Crippen molar-refractivity contribution in [2.75, 3.05) is 38.2 Å². The first-order valence-electron chi connectivity index (χ1n) is 8.84. The molecule has 2 aromatic carbocycles. The van der Waals surface area contributed by atoms with E-state index in [9.17, 15) is 14.9 Å². The number of aryl methyl sites for hydroxylation is 2. The topological polar surface area (TPSA) is 75.9 Å². The van der Waals surface area contributed by atoms with Gasteiger partial charge in [0.25, 0.3) is 11.6 Å². The summed E-state index contributed by atoms with van der Waals surface area (Å²) in [6.45, 7) is 6.15. The number of carbonyl (C=O) groups excluding carboxylic acids is 1. The van der Waals surface area contributed by atoms with E-state index in [-0.39, 0.29) is 11.6 Å². The number of hydrogen-bond acceptors (Lipinski definition) is 5. The molecule has 1 saturated heterocycles. The Morgan fingerprint density at radius 3 is 2.33 bits per heavy atom.